The first-order chi connectivity index (χ1) is 15.2. The molecule has 1 aromatic rings. The van der Waals surface area contributed by atoms with Crippen LogP contribution in [0.25, 0.3) is 0 Å². The second kappa shape index (κ2) is 7.18. The highest BCUT2D eigenvalue weighted by atomic mass is 19.4. The van der Waals surface area contributed by atoms with E-state index in [1.807, 2.05) is 0 Å². The maximum atomic E-state index is 13.4. The van der Waals surface area contributed by atoms with Crippen molar-refractivity contribution in [3.05, 3.63) is 29.3 Å². The van der Waals surface area contributed by atoms with Crippen LogP contribution in [0.5, 0.6) is 0 Å². The van der Waals surface area contributed by atoms with Crippen LogP contribution in [0.4, 0.5) is 23.7 Å². The molecule has 33 heavy (non-hydrogen) atoms. The zero-order chi connectivity index (χ0) is 24.5. The van der Waals surface area contributed by atoms with Gasteiger partial charge in [-0.3, -0.25) is 9.59 Å². The molecule has 3 saturated heterocycles. The third-order valence-electron chi connectivity index (χ3n) is 6.38. The van der Waals surface area contributed by atoms with Gasteiger partial charge < -0.3 is 14.4 Å². The van der Waals surface area contributed by atoms with Crippen molar-refractivity contribution in [3.63, 3.8) is 0 Å². The van der Waals surface area contributed by atoms with Crippen molar-refractivity contribution in [2.75, 3.05) is 18.0 Å². The Hall–Kier alpha value is -3.13. The first-order valence-electron chi connectivity index (χ1n) is 10.4. The highest BCUT2D eigenvalue weighted by Crippen LogP contribution is 2.55. The minimum Gasteiger partial charge on any atom is -0.447 e. The van der Waals surface area contributed by atoms with Crippen LogP contribution in [0.3, 0.4) is 0 Å². The number of fused-ring (bicyclic) bond motifs is 5. The first kappa shape index (κ1) is 23.0. The van der Waals surface area contributed by atoms with Crippen LogP contribution in [-0.4, -0.2) is 53.2 Å². The molecule has 2 unspecified atom stereocenters. The molecular formula is C22H22F3N3O5. The molecular weight excluding hydrogens is 443 g/mol. The van der Waals surface area contributed by atoms with Crippen molar-refractivity contribution in [1.29, 1.82) is 5.26 Å². The molecule has 176 valence electrons. The van der Waals surface area contributed by atoms with Gasteiger partial charge in [-0.25, -0.2) is 9.69 Å². The van der Waals surface area contributed by atoms with Crippen molar-refractivity contribution in [1.82, 2.24) is 4.90 Å². The van der Waals surface area contributed by atoms with Gasteiger partial charge in [0, 0.05) is 0 Å². The molecule has 0 spiro atoms. The molecule has 3 aliphatic heterocycles. The Kier molecular flexibility index (Phi) is 5.02. The van der Waals surface area contributed by atoms with E-state index in [9.17, 15) is 27.6 Å². The summed E-state index contributed by atoms with van der Waals surface area (Å²) in [7, 11) is 0. The van der Waals surface area contributed by atoms with Gasteiger partial charge in [-0.1, -0.05) is 0 Å². The molecule has 0 aromatic heterocycles. The largest absolute Gasteiger partial charge is 0.447 e. The lowest BCUT2D eigenvalue weighted by Crippen LogP contribution is -2.59. The summed E-state index contributed by atoms with van der Waals surface area (Å²) in [5, 5.41) is 9.02. The summed E-state index contributed by atoms with van der Waals surface area (Å²) in [6.45, 7) is 6.59. The molecule has 0 saturated carbocycles. The fourth-order valence-electron chi connectivity index (χ4n) is 5.30. The maximum Gasteiger partial charge on any atom is 0.417 e. The van der Waals surface area contributed by atoms with Gasteiger partial charge in [-0.2, -0.15) is 18.4 Å². The first-order valence-corrected chi connectivity index (χ1v) is 10.4. The van der Waals surface area contributed by atoms with E-state index < -0.39 is 58.2 Å². The third kappa shape index (κ3) is 3.44. The van der Waals surface area contributed by atoms with Gasteiger partial charge in [0.15, 0.2) is 0 Å². The number of amides is 3. The summed E-state index contributed by atoms with van der Waals surface area (Å²) in [6.07, 6.45) is -5.79. The van der Waals surface area contributed by atoms with Crippen LogP contribution in [0.1, 0.15) is 38.8 Å². The molecule has 4 atom stereocenters. The Morgan fingerprint density at radius 2 is 1.73 bits per heavy atom. The Bertz CT molecular complexity index is 1060. The highest BCUT2D eigenvalue weighted by Gasteiger charge is 2.72. The van der Waals surface area contributed by atoms with Gasteiger partial charge in [-0.05, 0) is 45.9 Å². The smallest absolute Gasteiger partial charge is 0.417 e. The van der Waals surface area contributed by atoms with Crippen molar-refractivity contribution >= 4 is 23.6 Å². The summed E-state index contributed by atoms with van der Waals surface area (Å²) in [5.41, 5.74) is -4.55. The maximum absolute atomic E-state index is 13.4. The van der Waals surface area contributed by atoms with Crippen molar-refractivity contribution in [2.45, 2.75) is 51.2 Å². The summed E-state index contributed by atoms with van der Waals surface area (Å²) < 4.78 is 51.7. The number of likely N-dealkylation sites (tertiary alicyclic amines) is 1. The van der Waals surface area contributed by atoms with E-state index in [1.54, 1.807) is 27.7 Å². The van der Waals surface area contributed by atoms with Crippen molar-refractivity contribution < 1.29 is 37.0 Å². The number of nitrogens with zero attached hydrogens (tertiary/aromatic N) is 3. The minimum atomic E-state index is -4.84. The quantitative estimate of drug-likeness (QED) is 0.623. The van der Waals surface area contributed by atoms with Crippen LogP contribution in [0.2, 0.25) is 0 Å². The number of hydrogen-bond acceptors (Lipinski definition) is 6. The fourth-order valence-corrected chi connectivity index (χ4v) is 5.30. The van der Waals surface area contributed by atoms with E-state index in [4.69, 9.17) is 14.7 Å². The summed E-state index contributed by atoms with van der Waals surface area (Å²) >= 11 is 0. The Balaban J connectivity index is 1.72. The van der Waals surface area contributed by atoms with Gasteiger partial charge >= 0.3 is 12.3 Å². The van der Waals surface area contributed by atoms with Gasteiger partial charge in [0.25, 0.3) is 0 Å². The van der Waals surface area contributed by atoms with E-state index in [1.165, 1.54) is 11.0 Å². The van der Waals surface area contributed by atoms with Crippen LogP contribution in [-0.2, 0) is 25.2 Å². The second-order valence-electron chi connectivity index (χ2n) is 9.32. The number of rotatable bonds is 2. The number of alkyl halides is 3. The molecule has 0 N–H and O–H groups in total. The zero-order valence-corrected chi connectivity index (χ0v) is 18.4. The molecule has 3 heterocycles. The SMILES string of the molecule is CC(C)OC(=O)N1CC2(C)OC(C)(C1)[C@H]1C(=O)N(c3ccc(C#N)c(C(F)(F)F)c3)C(=O)[C@H]12. The number of halogens is 3. The van der Waals surface area contributed by atoms with Crippen LogP contribution < -0.4 is 4.90 Å². The topological polar surface area (TPSA) is 99.9 Å². The number of hydrogen-bond donors (Lipinski definition) is 0. The van der Waals surface area contributed by atoms with Gasteiger partial charge in [-0.15, -0.1) is 0 Å². The van der Waals surface area contributed by atoms with Gasteiger partial charge in [0.05, 0.1) is 65.1 Å². The molecule has 1 aromatic carbocycles. The van der Waals surface area contributed by atoms with Crippen molar-refractivity contribution in [3.8, 4) is 6.07 Å². The number of nitriles is 1. The number of ether oxygens (including phenoxy) is 2. The summed E-state index contributed by atoms with van der Waals surface area (Å²) in [4.78, 5) is 41.5. The van der Waals surface area contributed by atoms with Gasteiger partial charge in [0.1, 0.15) is 0 Å². The molecule has 3 amide bonds. The number of morpholine rings is 1. The summed E-state index contributed by atoms with van der Waals surface area (Å²) in [5.74, 6) is -3.38. The normalized spacial score (nSPS) is 31.1. The van der Waals surface area contributed by atoms with Gasteiger partial charge in [0.2, 0.25) is 11.8 Å². The Morgan fingerprint density at radius 1 is 1.18 bits per heavy atom. The number of carbonyl (C=O) groups excluding carboxylic acids is 3. The Labute approximate surface area is 187 Å². The predicted molar refractivity (Wildman–Crippen MR) is 107 cm³/mol. The van der Waals surface area contributed by atoms with Crippen LogP contribution in [0.15, 0.2) is 18.2 Å². The third-order valence-corrected chi connectivity index (χ3v) is 6.38. The fraction of sp³-hybridized carbons (Fsp3) is 0.545. The monoisotopic (exact) mass is 465 g/mol. The minimum absolute atomic E-state index is 0.0106. The molecule has 3 aliphatic rings. The number of carbonyl (C=O) groups is 3. The molecule has 0 aliphatic carbocycles. The lowest BCUT2D eigenvalue weighted by molar-refractivity contribution is -0.165. The lowest BCUT2D eigenvalue weighted by Gasteiger charge is -2.44. The highest BCUT2D eigenvalue weighted by molar-refractivity contribution is 6.23. The average Bonchev–Trinajstić information content (AvgIpc) is 3.06. The predicted octanol–water partition coefficient (Wildman–Crippen LogP) is 3.09. The van der Waals surface area contributed by atoms with E-state index in [2.05, 4.69) is 0 Å². The molecule has 2 bridgehead atoms. The van der Waals surface area contributed by atoms with E-state index in [0.29, 0.717) is 6.07 Å². The molecule has 4 rings (SSSR count). The number of imide groups is 1. The molecule has 8 nitrogen and oxygen atoms in total. The number of anilines is 1. The van der Waals surface area contributed by atoms with E-state index in [0.717, 1.165) is 17.0 Å². The summed E-state index contributed by atoms with van der Waals surface area (Å²) in [6, 6.07) is 4.21. The van der Waals surface area contributed by atoms with Crippen LogP contribution in [0, 0.1) is 23.2 Å². The number of benzene rings is 1. The van der Waals surface area contributed by atoms with Crippen LogP contribution >= 0.6 is 0 Å². The molecule has 3 fully saturated rings. The zero-order valence-electron chi connectivity index (χ0n) is 18.4. The van der Waals surface area contributed by atoms with E-state index in [-0.39, 0.29) is 24.9 Å². The Morgan fingerprint density at radius 3 is 2.18 bits per heavy atom. The average molecular weight is 465 g/mol. The second-order valence-corrected chi connectivity index (χ2v) is 9.32. The van der Waals surface area contributed by atoms with Crippen molar-refractivity contribution in [2.24, 2.45) is 11.8 Å². The molecule has 11 heteroatoms. The lowest BCUT2D eigenvalue weighted by atomic mass is 9.79. The molecule has 0 radical (unpaired) electrons. The standard InChI is InChI=1S/C22H22F3N3O5/c1-11(2)32-19(31)27-9-20(3)15-16(21(4,10-27)33-20)18(30)28(17(15)29)13-6-5-12(8-26)14(7-13)22(23,24)25/h5-7,11,15-16H,9-10H2,1-4H3/t15-,16+,20?,21?. The van der Waals surface area contributed by atoms with E-state index >= 15 is 0 Å².